The summed E-state index contributed by atoms with van der Waals surface area (Å²) in [5.41, 5.74) is 0. The van der Waals surface area contributed by atoms with Crippen molar-refractivity contribution in [3.63, 3.8) is 0 Å². The van der Waals surface area contributed by atoms with E-state index in [0.29, 0.717) is 6.04 Å². The van der Waals surface area contributed by atoms with Gasteiger partial charge in [-0.3, -0.25) is 0 Å². The summed E-state index contributed by atoms with van der Waals surface area (Å²) in [7, 11) is 1.99. The summed E-state index contributed by atoms with van der Waals surface area (Å²) in [5.74, 6) is 2.71. The second-order valence-corrected chi connectivity index (χ2v) is 4.95. The summed E-state index contributed by atoms with van der Waals surface area (Å²) in [6.45, 7) is 5.50. The zero-order chi connectivity index (χ0) is 11.5. The zero-order valence-corrected chi connectivity index (χ0v) is 10.5. The lowest BCUT2D eigenvalue weighted by Crippen LogP contribution is -2.33. The Bertz CT molecular complexity index is 334. The van der Waals surface area contributed by atoms with Gasteiger partial charge in [-0.2, -0.15) is 0 Å². The lowest BCUT2D eigenvalue weighted by Gasteiger charge is -2.20. The molecule has 0 aliphatic heterocycles. The van der Waals surface area contributed by atoms with Crippen LogP contribution >= 0.6 is 0 Å². The molecule has 1 aromatic heterocycles. The Morgan fingerprint density at radius 1 is 1.50 bits per heavy atom. The first-order valence-corrected chi connectivity index (χ1v) is 6.28. The molecule has 0 saturated heterocycles. The lowest BCUT2D eigenvalue weighted by molar-refractivity contribution is 0.341. The van der Waals surface area contributed by atoms with Crippen LogP contribution in [0, 0.1) is 11.8 Å². The Labute approximate surface area is 97.5 Å². The standard InChI is InChI=1S/C12H22N4/c1-4-10-5-6-11(9(10)2)13-7-12-15-14-8-16(12)3/h8-11,13H,4-7H2,1-3H3. The monoisotopic (exact) mass is 222 g/mol. The van der Waals surface area contributed by atoms with E-state index in [9.17, 15) is 0 Å². The molecular formula is C12H22N4. The molecule has 0 radical (unpaired) electrons. The van der Waals surface area contributed by atoms with Crippen molar-refractivity contribution in [1.82, 2.24) is 20.1 Å². The molecule has 3 atom stereocenters. The van der Waals surface area contributed by atoms with E-state index in [0.717, 1.165) is 24.2 Å². The molecule has 1 N–H and O–H groups in total. The van der Waals surface area contributed by atoms with Gasteiger partial charge in [0.1, 0.15) is 12.2 Å². The first-order chi connectivity index (χ1) is 7.72. The number of rotatable bonds is 4. The highest BCUT2D eigenvalue weighted by atomic mass is 15.3. The molecule has 90 valence electrons. The van der Waals surface area contributed by atoms with Crippen LogP contribution < -0.4 is 5.32 Å². The number of aryl methyl sites for hydroxylation is 1. The molecule has 0 spiro atoms. The van der Waals surface area contributed by atoms with Gasteiger partial charge < -0.3 is 9.88 Å². The number of nitrogens with one attached hydrogen (secondary N) is 1. The van der Waals surface area contributed by atoms with E-state index in [2.05, 4.69) is 29.4 Å². The minimum absolute atomic E-state index is 0.654. The summed E-state index contributed by atoms with van der Waals surface area (Å²) in [5, 5.41) is 11.6. The molecule has 3 unspecified atom stereocenters. The molecule has 0 aromatic carbocycles. The molecular weight excluding hydrogens is 200 g/mol. The summed E-state index contributed by atoms with van der Waals surface area (Å²) in [6.07, 6.45) is 5.74. The smallest absolute Gasteiger partial charge is 0.146 e. The SMILES string of the molecule is CCC1CCC(NCc2nncn2C)C1C. The van der Waals surface area contributed by atoms with Crippen LogP contribution in [0.5, 0.6) is 0 Å². The molecule has 1 saturated carbocycles. The van der Waals surface area contributed by atoms with Crippen molar-refractivity contribution in [2.45, 2.75) is 45.7 Å². The molecule has 4 heteroatoms. The van der Waals surface area contributed by atoms with Gasteiger partial charge in [0.2, 0.25) is 0 Å². The van der Waals surface area contributed by atoms with E-state index in [1.807, 2.05) is 11.6 Å². The summed E-state index contributed by atoms with van der Waals surface area (Å²) in [4.78, 5) is 0. The van der Waals surface area contributed by atoms with Gasteiger partial charge in [0.15, 0.2) is 0 Å². The van der Waals surface area contributed by atoms with Gasteiger partial charge >= 0.3 is 0 Å². The average molecular weight is 222 g/mol. The maximum absolute atomic E-state index is 4.09. The molecule has 2 rings (SSSR count). The van der Waals surface area contributed by atoms with Gasteiger partial charge in [-0.1, -0.05) is 20.3 Å². The van der Waals surface area contributed by atoms with E-state index in [1.165, 1.54) is 19.3 Å². The highest BCUT2D eigenvalue weighted by Gasteiger charge is 2.31. The van der Waals surface area contributed by atoms with Crippen LogP contribution in [0.15, 0.2) is 6.33 Å². The van der Waals surface area contributed by atoms with Crippen LogP contribution in [0.4, 0.5) is 0 Å². The molecule has 1 fully saturated rings. The summed E-state index contributed by atoms with van der Waals surface area (Å²) >= 11 is 0. The minimum Gasteiger partial charge on any atom is -0.320 e. The van der Waals surface area contributed by atoms with Gasteiger partial charge in [-0.05, 0) is 24.7 Å². The van der Waals surface area contributed by atoms with Crippen LogP contribution in [0.2, 0.25) is 0 Å². The van der Waals surface area contributed by atoms with E-state index in [4.69, 9.17) is 0 Å². The van der Waals surface area contributed by atoms with Crippen molar-refractivity contribution in [1.29, 1.82) is 0 Å². The van der Waals surface area contributed by atoms with Crippen molar-refractivity contribution < 1.29 is 0 Å². The fourth-order valence-corrected chi connectivity index (χ4v) is 2.80. The second kappa shape index (κ2) is 4.95. The van der Waals surface area contributed by atoms with Crippen LogP contribution in [0.3, 0.4) is 0 Å². The van der Waals surface area contributed by atoms with Crippen LogP contribution in [-0.2, 0) is 13.6 Å². The van der Waals surface area contributed by atoms with Crippen molar-refractivity contribution in [2.75, 3.05) is 0 Å². The van der Waals surface area contributed by atoms with E-state index in [-0.39, 0.29) is 0 Å². The van der Waals surface area contributed by atoms with Gasteiger partial charge in [0, 0.05) is 13.1 Å². The van der Waals surface area contributed by atoms with Crippen molar-refractivity contribution in [3.8, 4) is 0 Å². The fourth-order valence-electron chi connectivity index (χ4n) is 2.80. The van der Waals surface area contributed by atoms with E-state index in [1.54, 1.807) is 6.33 Å². The Morgan fingerprint density at radius 2 is 2.31 bits per heavy atom. The predicted molar refractivity (Wildman–Crippen MR) is 63.8 cm³/mol. The normalized spacial score (nSPS) is 29.8. The number of hydrogen-bond acceptors (Lipinski definition) is 3. The second-order valence-electron chi connectivity index (χ2n) is 4.95. The first kappa shape index (κ1) is 11.6. The van der Waals surface area contributed by atoms with Crippen molar-refractivity contribution >= 4 is 0 Å². The Kier molecular flexibility index (Phi) is 3.59. The third-order valence-corrected chi connectivity index (χ3v) is 4.08. The van der Waals surface area contributed by atoms with Crippen molar-refractivity contribution in [2.24, 2.45) is 18.9 Å². The molecule has 0 amide bonds. The molecule has 16 heavy (non-hydrogen) atoms. The molecule has 4 nitrogen and oxygen atoms in total. The van der Waals surface area contributed by atoms with E-state index < -0.39 is 0 Å². The number of aromatic nitrogens is 3. The maximum atomic E-state index is 4.09. The third-order valence-electron chi connectivity index (χ3n) is 4.08. The Hall–Kier alpha value is -0.900. The average Bonchev–Trinajstić information content (AvgIpc) is 2.83. The van der Waals surface area contributed by atoms with Crippen LogP contribution in [0.25, 0.3) is 0 Å². The summed E-state index contributed by atoms with van der Waals surface area (Å²) in [6, 6.07) is 0.654. The third kappa shape index (κ3) is 2.26. The highest BCUT2D eigenvalue weighted by molar-refractivity contribution is 4.90. The number of hydrogen-bond donors (Lipinski definition) is 1. The molecule has 0 bridgehead atoms. The lowest BCUT2D eigenvalue weighted by atomic mass is 9.93. The van der Waals surface area contributed by atoms with E-state index >= 15 is 0 Å². The van der Waals surface area contributed by atoms with Crippen LogP contribution in [-0.4, -0.2) is 20.8 Å². The Morgan fingerprint density at radius 3 is 2.88 bits per heavy atom. The zero-order valence-electron chi connectivity index (χ0n) is 10.5. The van der Waals surface area contributed by atoms with Gasteiger partial charge in [-0.15, -0.1) is 10.2 Å². The van der Waals surface area contributed by atoms with Gasteiger partial charge in [-0.25, -0.2) is 0 Å². The molecule has 1 aliphatic carbocycles. The van der Waals surface area contributed by atoms with Gasteiger partial charge in [0.25, 0.3) is 0 Å². The molecule has 1 heterocycles. The van der Waals surface area contributed by atoms with Crippen LogP contribution in [0.1, 0.15) is 38.9 Å². The number of nitrogens with zero attached hydrogens (tertiary/aromatic N) is 3. The largest absolute Gasteiger partial charge is 0.320 e. The predicted octanol–water partition coefficient (Wildman–Crippen LogP) is 1.73. The maximum Gasteiger partial charge on any atom is 0.146 e. The minimum atomic E-state index is 0.654. The quantitative estimate of drug-likeness (QED) is 0.843. The molecule has 1 aromatic rings. The molecule has 1 aliphatic rings. The van der Waals surface area contributed by atoms with Crippen molar-refractivity contribution in [3.05, 3.63) is 12.2 Å². The Balaban J connectivity index is 1.85. The summed E-state index contributed by atoms with van der Waals surface area (Å²) < 4.78 is 1.98. The van der Waals surface area contributed by atoms with Gasteiger partial charge in [0.05, 0.1) is 6.54 Å². The highest BCUT2D eigenvalue weighted by Crippen LogP contribution is 2.33. The topological polar surface area (TPSA) is 42.7 Å². The fraction of sp³-hybridized carbons (Fsp3) is 0.833. The first-order valence-electron chi connectivity index (χ1n) is 6.28.